The monoisotopic (exact) mass is 296 g/mol. The van der Waals surface area contributed by atoms with E-state index in [-0.39, 0.29) is 18.0 Å². The van der Waals surface area contributed by atoms with Crippen molar-refractivity contribution in [3.8, 4) is 0 Å². The van der Waals surface area contributed by atoms with E-state index in [4.69, 9.17) is 5.73 Å². The molecule has 1 unspecified atom stereocenters. The van der Waals surface area contributed by atoms with Crippen LogP contribution in [-0.4, -0.2) is 11.9 Å². The number of carbonyl (C=O) groups excluding carboxylic acids is 1. The van der Waals surface area contributed by atoms with E-state index in [9.17, 15) is 4.79 Å². The number of amides is 1. The molecule has 1 atom stereocenters. The number of hydrogen-bond donors (Lipinski definition) is 2. The van der Waals surface area contributed by atoms with Crippen LogP contribution >= 0.6 is 0 Å². The average molecular weight is 296 g/mol. The number of hydrogen-bond acceptors (Lipinski definition) is 2. The molecule has 3 heteroatoms. The van der Waals surface area contributed by atoms with Gasteiger partial charge in [0.05, 0.1) is 6.04 Å². The van der Waals surface area contributed by atoms with Gasteiger partial charge >= 0.3 is 0 Å². The first-order valence-electron chi connectivity index (χ1n) is 7.64. The summed E-state index contributed by atoms with van der Waals surface area (Å²) in [6.07, 6.45) is 0.328. The van der Waals surface area contributed by atoms with Crippen LogP contribution in [0, 0.1) is 13.8 Å². The van der Waals surface area contributed by atoms with Gasteiger partial charge in [0.15, 0.2) is 0 Å². The van der Waals surface area contributed by atoms with Crippen molar-refractivity contribution in [2.75, 3.05) is 0 Å². The van der Waals surface area contributed by atoms with E-state index in [1.54, 1.807) is 0 Å². The molecule has 22 heavy (non-hydrogen) atoms. The van der Waals surface area contributed by atoms with E-state index < -0.39 is 0 Å². The summed E-state index contributed by atoms with van der Waals surface area (Å²) in [6.45, 7) is 5.95. The minimum absolute atomic E-state index is 0.0250. The first kappa shape index (κ1) is 16.2. The van der Waals surface area contributed by atoms with Gasteiger partial charge in [-0.15, -0.1) is 0 Å². The molecule has 2 aromatic carbocycles. The lowest BCUT2D eigenvalue weighted by molar-refractivity contribution is -0.121. The summed E-state index contributed by atoms with van der Waals surface area (Å²) in [4.78, 5) is 12.2. The Morgan fingerprint density at radius 1 is 1.05 bits per heavy atom. The Morgan fingerprint density at radius 3 is 1.95 bits per heavy atom. The highest BCUT2D eigenvalue weighted by Gasteiger charge is 2.17. The van der Waals surface area contributed by atoms with Crippen LogP contribution in [0.2, 0.25) is 0 Å². The lowest BCUT2D eigenvalue weighted by Crippen LogP contribution is -2.33. The van der Waals surface area contributed by atoms with E-state index in [1.807, 2.05) is 31.2 Å². The molecule has 0 aliphatic carbocycles. The third kappa shape index (κ3) is 4.43. The van der Waals surface area contributed by atoms with Gasteiger partial charge in [0.2, 0.25) is 5.91 Å². The molecule has 0 spiro atoms. The molecule has 0 saturated heterocycles. The maximum absolute atomic E-state index is 12.2. The van der Waals surface area contributed by atoms with E-state index >= 15 is 0 Å². The molecule has 0 saturated carbocycles. The highest BCUT2D eigenvalue weighted by Crippen LogP contribution is 2.24. The molecule has 0 fully saturated rings. The Hall–Kier alpha value is -2.13. The van der Waals surface area contributed by atoms with Crippen molar-refractivity contribution in [1.82, 2.24) is 5.32 Å². The summed E-state index contributed by atoms with van der Waals surface area (Å²) in [5.41, 5.74) is 10.3. The normalized spacial score (nSPS) is 12.2. The van der Waals surface area contributed by atoms with Gasteiger partial charge in [0.1, 0.15) is 0 Å². The first-order chi connectivity index (χ1) is 10.5. The maximum atomic E-state index is 12.2. The van der Waals surface area contributed by atoms with Crippen LogP contribution in [0.3, 0.4) is 0 Å². The standard InChI is InChI=1S/C19H24N2O/c1-13-6-4-8-16(10-13)19(21-18(22)12-15(3)20)17-9-5-7-14(2)11-17/h4-11,15,19H,12,20H2,1-3H3,(H,21,22). The second kappa shape index (κ2) is 7.23. The molecule has 2 aromatic rings. The van der Waals surface area contributed by atoms with Gasteiger partial charge in [0, 0.05) is 12.5 Å². The second-order valence-electron chi connectivity index (χ2n) is 6.01. The predicted molar refractivity (Wildman–Crippen MR) is 90.6 cm³/mol. The third-order valence-corrected chi connectivity index (χ3v) is 3.56. The zero-order valence-electron chi connectivity index (χ0n) is 13.5. The molecule has 3 N–H and O–H groups in total. The van der Waals surface area contributed by atoms with Crippen LogP contribution in [-0.2, 0) is 4.79 Å². The van der Waals surface area contributed by atoms with E-state index in [1.165, 1.54) is 11.1 Å². The quantitative estimate of drug-likeness (QED) is 0.890. The fourth-order valence-electron chi connectivity index (χ4n) is 2.57. The van der Waals surface area contributed by atoms with Crippen molar-refractivity contribution in [2.24, 2.45) is 5.73 Å². The van der Waals surface area contributed by atoms with Crippen LogP contribution in [0.15, 0.2) is 48.5 Å². The molecule has 0 bridgehead atoms. The maximum Gasteiger partial charge on any atom is 0.222 e. The van der Waals surface area contributed by atoms with Crippen LogP contribution in [0.25, 0.3) is 0 Å². The summed E-state index contributed by atoms with van der Waals surface area (Å²) < 4.78 is 0. The van der Waals surface area contributed by atoms with Gasteiger partial charge in [0.25, 0.3) is 0 Å². The summed E-state index contributed by atoms with van der Waals surface area (Å²) in [7, 11) is 0. The Kier molecular flexibility index (Phi) is 5.34. The molecule has 0 aliphatic rings. The molecule has 3 nitrogen and oxygen atoms in total. The molecule has 2 rings (SSSR count). The largest absolute Gasteiger partial charge is 0.345 e. The van der Waals surface area contributed by atoms with Gasteiger partial charge in [-0.1, -0.05) is 59.7 Å². The number of nitrogens with one attached hydrogen (secondary N) is 1. The first-order valence-corrected chi connectivity index (χ1v) is 7.64. The predicted octanol–water partition coefficient (Wildman–Crippen LogP) is 3.25. The van der Waals surface area contributed by atoms with Crippen molar-refractivity contribution in [3.63, 3.8) is 0 Å². The Bertz CT molecular complexity index is 604. The number of rotatable bonds is 5. The average Bonchev–Trinajstić information content (AvgIpc) is 2.44. The summed E-state index contributed by atoms with van der Waals surface area (Å²) in [5.74, 6) is -0.0250. The van der Waals surface area contributed by atoms with Crippen molar-refractivity contribution >= 4 is 5.91 Å². The highest BCUT2D eigenvalue weighted by molar-refractivity contribution is 5.77. The molecule has 0 heterocycles. The summed E-state index contributed by atoms with van der Waals surface area (Å²) in [5, 5.41) is 3.12. The smallest absolute Gasteiger partial charge is 0.222 e. The molecule has 0 aromatic heterocycles. The molecular weight excluding hydrogens is 272 g/mol. The van der Waals surface area contributed by atoms with E-state index in [0.717, 1.165) is 11.1 Å². The molecule has 1 amide bonds. The van der Waals surface area contributed by atoms with Crippen LogP contribution < -0.4 is 11.1 Å². The minimum atomic E-state index is -0.147. The topological polar surface area (TPSA) is 55.1 Å². The Balaban J connectivity index is 2.34. The van der Waals surface area contributed by atoms with Gasteiger partial charge in [-0.3, -0.25) is 4.79 Å². The second-order valence-corrected chi connectivity index (χ2v) is 6.01. The Morgan fingerprint density at radius 2 is 1.55 bits per heavy atom. The molecule has 116 valence electrons. The van der Waals surface area contributed by atoms with Gasteiger partial charge < -0.3 is 11.1 Å². The van der Waals surface area contributed by atoms with Crippen LogP contribution in [0.1, 0.15) is 41.6 Å². The van der Waals surface area contributed by atoms with Gasteiger partial charge in [-0.25, -0.2) is 0 Å². The number of nitrogens with two attached hydrogens (primary N) is 1. The van der Waals surface area contributed by atoms with Gasteiger partial charge in [-0.2, -0.15) is 0 Å². The fraction of sp³-hybridized carbons (Fsp3) is 0.316. The number of aryl methyl sites for hydroxylation is 2. The van der Waals surface area contributed by atoms with E-state index in [2.05, 4.69) is 43.4 Å². The lowest BCUT2D eigenvalue weighted by Gasteiger charge is -2.21. The molecule has 0 radical (unpaired) electrons. The SMILES string of the molecule is Cc1cccc(C(NC(=O)CC(C)N)c2cccc(C)c2)c1. The Labute approximate surface area is 132 Å². The zero-order chi connectivity index (χ0) is 16.1. The number of carbonyl (C=O) groups is 1. The van der Waals surface area contributed by atoms with Crippen LogP contribution in [0.4, 0.5) is 0 Å². The fourth-order valence-corrected chi connectivity index (χ4v) is 2.57. The van der Waals surface area contributed by atoms with Crippen molar-refractivity contribution in [2.45, 2.75) is 39.3 Å². The van der Waals surface area contributed by atoms with E-state index in [0.29, 0.717) is 6.42 Å². The number of benzene rings is 2. The molecular formula is C19H24N2O. The van der Waals surface area contributed by atoms with Crippen molar-refractivity contribution < 1.29 is 4.79 Å². The van der Waals surface area contributed by atoms with Crippen molar-refractivity contribution in [3.05, 3.63) is 70.8 Å². The van der Waals surface area contributed by atoms with Crippen molar-refractivity contribution in [1.29, 1.82) is 0 Å². The van der Waals surface area contributed by atoms with Gasteiger partial charge in [-0.05, 0) is 31.9 Å². The highest BCUT2D eigenvalue weighted by atomic mass is 16.1. The minimum Gasteiger partial charge on any atom is -0.345 e. The summed E-state index contributed by atoms with van der Waals surface area (Å²) in [6, 6.07) is 16.2. The lowest BCUT2D eigenvalue weighted by atomic mass is 9.96. The van der Waals surface area contributed by atoms with Crippen LogP contribution in [0.5, 0.6) is 0 Å². The molecule has 0 aliphatic heterocycles. The zero-order valence-corrected chi connectivity index (χ0v) is 13.5. The summed E-state index contributed by atoms with van der Waals surface area (Å²) >= 11 is 0. The third-order valence-electron chi connectivity index (χ3n) is 3.56.